The van der Waals surface area contributed by atoms with Crippen molar-refractivity contribution in [1.82, 2.24) is 4.90 Å². The predicted octanol–water partition coefficient (Wildman–Crippen LogP) is 1.65. The maximum absolute atomic E-state index is 12.6. The Morgan fingerprint density at radius 3 is 2.40 bits per heavy atom. The van der Waals surface area contributed by atoms with E-state index in [1.165, 1.54) is 11.8 Å². The monoisotopic (exact) mass is 167 g/mol. The van der Waals surface area contributed by atoms with Crippen LogP contribution in [0.4, 0.5) is 8.78 Å². The van der Waals surface area contributed by atoms with Crippen LogP contribution in [0.15, 0.2) is 0 Å². The summed E-state index contributed by atoms with van der Waals surface area (Å²) >= 11 is 1.49. The van der Waals surface area contributed by atoms with Gasteiger partial charge in [0.15, 0.2) is 0 Å². The van der Waals surface area contributed by atoms with Crippen molar-refractivity contribution >= 4 is 11.8 Å². The smallest absolute Gasteiger partial charge is 0.262 e. The van der Waals surface area contributed by atoms with Crippen LogP contribution in [0.3, 0.4) is 0 Å². The number of alkyl halides is 2. The van der Waals surface area contributed by atoms with Crippen molar-refractivity contribution in [3.63, 3.8) is 0 Å². The van der Waals surface area contributed by atoms with Gasteiger partial charge in [0.1, 0.15) is 0 Å². The van der Waals surface area contributed by atoms with Crippen LogP contribution < -0.4 is 0 Å². The third-order valence-corrected chi connectivity index (χ3v) is 2.79. The summed E-state index contributed by atoms with van der Waals surface area (Å²) in [5.41, 5.74) is 0. The zero-order valence-electron chi connectivity index (χ0n) is 6.10. The van der Waals surface area contributed by atoms with Gasteiger partial charge < -0.3 is 0 Å². The van der Waals surface area contributed by atoms with E-state index in [4.69, 9.17) is 0 Å². The number of hydrogen-bond acceptors (Lipinski definition) is 2. The van der Waals surface area contributed by atoms with Crippen molar-refractivity contribution < 1.29 is 8.78 Å². The molecule has 1 aliphatic rings. The average molecular weight is 167 g/mol. The summed E-state index contributed by atoms with van der Waals surface area (Å²) in [4.78, 5) is 1.70. The standard InChI is InChI=1S/C6H11F2NS/c1-9-4-6(7,8)3-5(9)10-2/h5H,3-4H2,1-2H3. The molecule has 0 N–H and O–H groups in total. The topological polar surface area (TPSA) is 3.24 Å². The molecule has 0 aliphatic carbocycles. The normalized spacial score (nSPS) is 33.0. The van der Waals surface area contributed by atoms with E-state index in [1.54, 1.807) is 11.9 Å². The number of hydrogen-bond donors (Lipinski definition) is 0. The molecule has 4 heteroatoms. The Morgan fingerprint density at radius 1 is 1.60 bits per heavy atom. The van der Waals surface area contributed by atoms with Crippen molar-refractivity contribution in [3.8, 4) is 0 Å². The molecule has 0 radical (unpaired) electrons. The molecule has 1 rings (SSSR count). The van der Waals surface area contributed by atoms with Gasteiger partial charge in [0, 0.05) is 6.42 Å². The first kappa shape index (κ1) is 8.27. The lowest BCUT2D eigenvalue weighted by Crippen LogP contribution is -2.23. The van der Waals surface area contributed by atoms with E-state index >= 15 is 0 Å². The van der Waals surface area contributed by atoms with Gasteiger partial charge in [-0.15, -0.1) is 11.8 Å². The fraction of sp³-hybridized carbons (Fsp3) is 1.00. The number of likely N-dealkylation sites (tertiary alicyclic amines) is 1. The molecule has 0 bridgehead atoms. The van der Waals surface area contributed by atoms with E-state index in [2.05, 4.69) is 0 Å². The van der Waals surface area contributed by atoms with Crippen molar-refractivity contribution in [2.45, 2.75) is 17.7 Å². The number of rotatable bonds is 1. The molecule has 0 saturated carbocycles. The highest BCUT2D eigenvalue weighted by molar-refractivity contribution is 7.99. The fourth-order valence-corrected chi connectivity index (χ4v) is 2.05. The summed E-state index contributed by atoms with van der Waals surface area (Å²) < 4.78 is 25.2. The van der Waals surface area contributed by atoms with Gasteiger partial charge in [0.25, 0.3) is 5.92 Å². The van der Waals surface area contributed by atoms with E-state index in [0.29, 0.717) is 0 Å². The second kappa shape index (κ2) is 2.66. The summed E-state index contributed by atoms with van der Waals surface area (Å²) in [6.45, 7) is -0.0848. The maximum atomic E-state index is 12.6. The molecule has 1 atom stereocenters. The summed E-state index contributed by atoms with van der Waals surface area (Å²) in [6, 6.07) is 0. The number of thioether (sulfide) groups is 1. The Morgan fingerprint density at radius 2 is 2.20 bits per heavy atom. The van der Waals surface area contributed by atoms with Gasteiger partial charge in [-0.2, -0.15) is 0 Å². The van der Waals surface area contributed by atoms with Gasteiger partial charge in [0.2, 0.25) is 0 Å². The lowest BCUT2D eigenvalue weighted by molar-refractivity contribution is 0.0144. The molecule has 0 spiro atoms. The largest absolute Gasteiger partial charge is 0.288 e. The molecule has 60 valence electrons. The molecule has 1 aliphatic heterocycles. The van der Waals surface area contributed by atoms with Gasteiger partial charge in [-0.1, -0.05) is 0 Å². The van der Waals surface area contributed by atoms with E-state index in [9.17, 15) is 8.78 Å². The van der Waals surface area contributed by atoms with E-state index in [1.807, 2.05) is 6.26 Å². The van der Waals surface area contributed by atoms with Crippen molar-refractivity contribution in [3.05, 3.63) is 0 Å². The molecule has 1 saturated heterocycles. The average Bonchev–Trinajstić information content (AvgIpc) is 2.05. The molecule has 0 aromatic rings. The molecule has 0 amide bonds. The van der Waals surface area contributed by atoms with Crippen LogP contribution in [0.1, 0.15) is 6.42 Å². The summed E-state index contributed by atoms with van der Waals surface area (Å²) in [7, 11) is 1.74. The Hall–Kier alpha value is 0.170. The molecule has 1 unspecified atom stereocenters. The minimum Gasteiger partial charge on any atom is -0.288 e. The zero-order chi connectivity index (χ0) is 7.78. The van der Waals surface area contributed by atoms with Gasteiger partial charge in [0.05, 0.1) is 11.9 Å². The number of nitrogens with zero attached hydrogens (tertiary/aromatic N) is 1. The summed E-state index contributed by atoms with van der Waals surface area (Å²) in [5.74, 6) is -2.46. The van der Waals surface area contributed by atoms with Gasteiger partial charge in [-0.3, -0.25) is 4.90 Å². The molecular formula is C6H11F2NS. The molecule has 0 aromatic heterocycles. The van der Waals surface area contributed by atoms with Gasteiger partial charge in [-0.25, -0.2) is 8.78 Å². The third kappa shape index (κ3) is 1.61. The second-order valence-corrected chi connectivity index (χ2v) is 3.68. The third-order valence-electron chi connectivity index (χ3n) is 1.72. The van der Waals surface area contributed by atoms with Crippen LogP contribution in [0.25, 0.3) is 0 Å². The lowest BCUT2D eigenvalue weighted by Gasteiger charge is -2.14. The molecule has 1 heterocycles. The highest BCUT2D eigenvalue weighted by Gasteiger charge is 2.42. The van der Waals surface area contributed by atoms with Crippen LogP contribution in [0, 0.1) is 0 Å². The second-order valence-electron chi connectivity index (χ2n) is 2.67. The van der Waals surface area contributed by atoms with Crippen molar-refractivity contribution in [2.24, 2.45) is 0 Å². The summed E-state index contributed by atoms with van der Waals surface area (Å²) in [5, 5.41) is 0.00926. The van der Waals surface area contributed by atoms with Crippen LogP contribution in [0.2, 0.25) is 0 Å². The summed E-state index contributed by atoms with van der Waals surface area (Å²) in [6.07, 6.45) is 1.87. The first-order chi connectivity index (χ1) is 4.55. The van der Waals surface area contributed by atoms with Crippen molar-refractivity contribution in [1.29, 1.82) is 0 Å². The lowest BCUT2D eigenvalue weighted by atomic mass is 10.3. The highest BCUT2D eigenvalue weighted by Crippen LogP contribution is 2.34. The first-order valence-corrected chi connectivity index (χ1v) is 4.45. The van der Waals surface area contributed by atoms with Gasteiger partial charge >= 0.3 is 0 Å². The zero-order valence-corrected chi connectivity index (χ0v) is 6.92. The van der Waals surface area contributed by atoms with E-state index in [0.717, 1.165) is 0 Å². The number of halogens is 2. The molecule has 1 nitrogen and oxygen atoms in total. The Bertz CT molecular complexity index is 129. The maximum Gasteiger partial charge on any atom is 0.262 e. The van der Waals surface area contributed by atoms with E-state index < -0.39 is 5.92 Å². The Kier molecular flexibility index (Phi) is 2.20. The minimum absolute atomic E-state index is 0.00463. The van der Waals surface area contributed by atoms with Crippen LogP contribution in [0.5, 0.6) is 0 Å². The molecule has 0 aromatic carbocycles. The minimum atomic E-state index is -2.46. The molecule has 1 fully saturated rings. The fourth-order valence-electron chi connectivity index (χ4n) is 1.21. The molecule has 10 heavy (non-hydrogen) atoms. The van der Waals surface area contributed by atoms with Crippen molar-refractivity contribution in [2.75, 3.05) is 19.8 Å². The van der Waals surface area contributed by atoms with Gasteiger partial charge in [-0.05, 0) is 13.3 Å². The molecular weight excluding hydrogens is 156 g/mol. The Balaban J connectivity index is 2.52. The quantitative estimate of drug-likeness (QED) is 0.584. The van der Waals surface area contributed by atoms with Crippen LogP contribution >= 0.6 is 11.8 Å². The predicted molar refractivity (Wildman–Crippen MR) is 39.5 cm³/mol. The Labute approximate surface area is 63.8 Å². The highest BCUT2D eigenvalue weighted by atomic mass is 32.2. The van der Waals surface area contributed by atoms with E-state index in [-0.39, 0.29) is 18.3 Å². The van der Waals surface area contributed by atoms with Crippen LogP contribution in [-0.4, -0.2) is 36.0 Å². The first-order valence-electron chi connectivity index (χ1n) is 3.16. The SMILES string of the molecule is CSC1CC(F)(F)CN1C. The van der Waals surface area contributed by atoms with Crippen LogP contribution in [-0.2, 0) is 0 Å².